The highest BCUT2D eigenvalue weighted by Gasteiger charge is 2.31. The predicted molar refractivity (Wildman–Crippen MR) is 72.3 cm³/mol. The Morgan fingerprint density at radius 2 is 1.94 bits per heavy atom. The molecule has 1 aliphatic heterocycles. The minimum Gasteiger partial charge on any atom is -0.443 e. The summed E-state index contributed by atoms with van der Waals surface area (Å²) in [6.07, 6.45) is -0.460. The molecule has 0 saturated heterocycles. The average Bonchev–Trinajstić information content (AvgIpc) is 2.55. The normalized spacial score (nSPS) is 13.9. The molecule has 0 bridgehead atoms. The van der Waals surface area contributed by atoms with Crippen molar-refractivity contribution in [3.05, 3.63) is 35.4 Å². The van der Waals surface area contributed by atoms with Crippen LogP contribution in [0.15, 0.2) is 24.3 Å². The van der Waals surface area contributed by atoms with E-state index in [1.54, 1.807) is 0 Å². The summed E-state index contributed by atoms with van der Waals surface area (Å²) in [7, 11) is 0. The summed E-state index contributed by atoms with van der Waals surface area (Å²) in [5.41, 5.74) is 1.26. The Labute approximate surface area is 113 Å². The lowest BCUT2D eigenvalue weighted by Gasteiger charge is -2.24. The second kappa shape index (κ2) is 4.98. The van der Waals surface area contributed by atoms with Gasteiger partial charge in [-0.2, -0.15) is 0 Å². The first kappa shape index (κ1) is 14.5. The van der Waals surface area contributed by atoms with Gasteiger partial charge < -0.3 is 4.74 Å². The van der Waals surface area contributed by atoms with Crippen molar-refractivity contribution < 1.29 is 9.53 Å². The first-order valence-electron chi connectivity index (χ1n) is 5.56. The first-order valence-corrected chi connectivity index (χ1v) is 5.56. The van der Waals surface area contributed by atoms with E-state index in [0.717, 1.165) is 11.1 Å². The summed E-state index contributed by atoms with van der Waals surface area (Å²) >= 11 is 0. The summed E-state index contributed by atoms with van der Waals surface area (Å²) in [5.74, 6) is 0.217. The van der Waals surface area contributed by atoms with Crippen molar-refractivity contribution in [2.24, 2.45) is 0 Å². The lowest BCUT2D eigenvalue weighted by Crippen LogP contribution is -2.36. The third kappa shape index (κ3) is 2.82. The molecule has 0 aliphatic carbocycles. The van der Waals surface area contributed by atoms with Crippen LogP contribution in [-0.2, 0) is 11.3 Å². The molecular weight excluding hydrogens is 252 g/mol. The van der Waals surface area contributed by atoms with Crippen molar-refractivity contribution >= 4 is 24.3 Å². The van der Waals surface area contributed by atoms with E-state index >= 15 is 0 Å². The van der Waals surface area contributed by atoms with Crippen LogP contribution in [-0.4, -0.2) is 22.4 Å². The molecular formula is C13H17ClN2O2. The molecule has 1 heterocycles. The molecule has 0 unspecified atom stereocenters. The van der Waals surface area contributed by atoms with Gasteiger partial charge in [0.15, 0.2) is 0 Å². The lowest BCUT2D eigenvalue weighted by molar-refractivity contribution is 0.0367. The van der Waals surface area contributed by atoms with Gasteiger partial charge in [-0.25, -0.2) is 4.79 Å². The van der Waals surface area contributed by atoms with Crippen LogP contribution in [0, 0.1) is 5.41 Å². The summed E-state index contributed by atoms with van der Waals surface area (Å²) in [4.78, 5) is 13.3. The number of nitrogens with one attached hydrogen (secondary N) is 1. The number of benzene rings is 1. The van der Waals surface area contributed by atoms with Gasteiger partial charge in [-0.15, -0.1) is 12.4 Å². The fourth-order valence-corrected chi connectivity index (χ4v) is 1.76. The number of fused-ring (bicyclic) bond motifs is 1. The number of carbonyl (C=O) groups excluding carboxylic acids is 1. The Morgan fingerprint density at radius 1 is 1.33 bits per heavy atom. The van der Waals surface area contributed by atoms with Crippen LogP contribution < -0.4 is 0 Å². The minimum absolute atomic E-state index is 0. The minimum atomic E-state index is -0.536. The Balaban J connectivity index is 0.00000162. The molecule has 2 rings (SSSR count). The van der Waals surface area contributed by atoms with Gasteiger partial charge in [0.2, 0.25) is 0 Å². The van der Waals surface area contributed by atoms with Gasteiger partial charge in [0.25, 0.3) is 0 Å². The molecule has 1 amide bonds. The molecule has 4 nitrogen and oxygen atoms in total. The highest BCUT2D eigenvalue weighted by Crippen LogP contribution is 2.24. The fraction of sp³-hybridized carbons (Fsp3) is 0.385. The number of nitrogens with zero attached hydrogens (tertiary/aromatic N) is 1. The number of rotatable bonds is 0. The van der Waals surface area contributed by atoms with Crippen molar-refractivity contribution in [2.75, 3.05) is 0 Å². The van der Waals surface area contributed by atoms with Gasteiger partial charge in [-0.3, -0.25) is 10.3 Å². The van der Waals surface area contributed by atoms with Gasteiger partial charge in [-0.05, 0) is 26.3 Å². The van der Waals surface area contributed by atoms with Gasteiger partial charge in [0.1, 0.15) is 11.4 Å². The van der Waals surface area contributed by atoms with Gasteiger partial charge in [0.05, 0.1) is 6.54 Å². The zero-order chi connectivity index (χ0) is 12.6. The van der Waals surface area contributed by atoms with E-state index in [4.69, 9.17) is 10.1 Å². The Kier molecular flexibility index (Phi) is 4.02. The summed E-state index contributed by atoms with van der Waals surface area (Å²) in [5, 5.41) is 7.95. The molecule has 1 N–H and O–H groups in total. The van der Waals surface area contributed by atoms with Gasteiger partial charge >= 0.3 is 6.09 Å². The maximum atomic E-state index is 11.9. The second-order valence-corrected chi connectivity index (χ2v) is 5.07. The molecule has 1 aromatic rings. The third-order valence-electron chi connectivity index (χ3n) is 2.48. The lowest BCUT2D eigenvalue weighted by atomic mass is 10.1. The molecule has 0 saturated carbocycles. The molecule has 0 aromatic heterocycles. The molecule has 98 valence electrons. The number of hydrogen-bond donors (Lipinski definition) is 1. The molecule has 0 radical (unpaired) electrons. The third-order valence-corrected chi connectivity index (χ3v) is 2.48. The van der Waals surface area contributed by atoms with Crippen molar-refractivity contribution in [1.82, 2.24) is 4.90 Å². The van der Waals surface area contributed by atoms with E-state index in [2.05, 4.69) is 0 Å². The van der Waals surface area contributed by atoms with E-state index < -0.39 is 11.7 Å². The molecule has 1 aliphatic rings. The monoisotopic (exact) mass is 268 g/mol. The quantitative estimate of drug-likeness (QED) is 0.786. The van der Waals surface area contributed by atoms with Crippen molar-refractivity contribution in [1.29, 1.82) is 5.41 Å². The van der Waals surface area contributed by atoms with E-state index in [9.17, 15) is 4.79 Å². The van der Waals surface area contributed by atoms with E-state index in [-0.39, 0.29) is 18.2 Å². The number of hydrogen-bond acceptors (Lipinski definition) is 3. The van der Waals surface area contributed by atoms with Crippen LogP contribution in [0.1, 0.15) is 31.9 Å². The number of amides is 1. The Morgan fingerprint density at radius 3 is 2.50 bits per heavy atom. The standard InChI is InChI=1S/C13H16N2O2.ClH/c1-13(2,3)17-12(16)15-8-9-6-4-5-7-10(9)11(15)14;/h4-7,14H,8H2,1-3H3;1H. The van der Waals surface area contributed by atoms with Crippen LogP contribution in [0.4, 0.5) is 4.79 Å². The van der Waals surface area contributed by atoms with E-state index in [1.807, 2.05) is 45.0 Å². The Bertz CT molecular complexity index is 480. The highest BCUT2D eigenvalue weighted by molar-refractivity contribution is 6.07. The zero-order valence-corrected chi connectivity index (χ0v) is 11.5. The van der Waals surface area contributed by atoms with Gasteiger partial charge in [0, 0.05) is 5.56 Å². The van der Waals surface area contributed by atoms with Crippen LogP contribution in [0.3, 0.4) is 0 Å². The number of halogens is 1. The topological polar surface area (TPSA) is 53.4 Å². The number of carbonyl (C=O) groups is 1. The van der Waals surface area contributed by atoms with Crippen LogP contribution in [0.25, 0.3) is 0 Å². The van der Waals surface area contributed by atoms with Crippen LogP contribution in [0.2, 0.25) is 0 Å². The van der Waals surface area contributed by atoms with Crippen molar-refractivity contribution in [2.45, 2.75) is 32.9 Å². The Hall–Kier alpha value is -1.55. The summed E-state index contributed by atoms with van der Waals surface area (Å²) in [6, 6.07) is 7.55. The summed E-state index contributed by atoms with van der Waals surface area (Å²) in [6.45, 7) is 5.87. The number of amidine groups is 1. The highest BCUT2D eigenvalue weighted by atomic mass is 35.5. The van der Waals surface area contributed by atoms with E-state index in [0.29, 0.717) is 6.54 Å². The zero-order valence-electron chi connectivity index (χ0n) is 10.7. The molecule has 0 atom stereocenters. The van der Waals surface area contributed by atoms with Crippen molar-refractivity contribution in [3.63, 3.8) is 0 Å². The number of ether oxygens (including phenoxy) is 1. The maximum absolute atomic E-state index is 11.9. The molecule has 1 aromatic carbocycles. The SMILES string of the molecule is CC(C)(C)OC(=O)N1Cc2ccccc2C1=N.Cl. The predicted octanol–water partition coefficient (Wildman–Crippen LogP) is 3.18. The summed E-state index contributed by atoms with van der Waals surface area (Å²) < 4.78 is 5.27. The molecule has 5 heteroatoms. The largest absolute Gasteiger partial charge is 0.443 e. The fourth-order valence-electron chi connectivity index (χ4n) is 1.76. The smallest absolute Gasteiger partial charge is 0.416 e. The average molecular weight is 269 g/mol. The van der Waals surface area contributed by atoms with Crippen molar-refractivity contribution in [3.8, 4) is 0 Å². The second-order valence-electron chi connectivity index (χ2n) is 5.07. The van der Waals surface area contributed by atoms with Gasteiger partial charge in [-0.1, -0.05) is 24.3 Å². The van der Waals surface area contributed by atoms with Crippen LogP contribution >= 0.6 is 12.4 Å². The van der Waals surface area contributed by atoms with Crippen LogP contribution in [0.5, 0.6) is 0 Å². The van der Waals surface area contributed by atoms with E-state index in [1.165, 1.54) is 4.90 Å². The first-order chi connectivity index (χ1) is 7.88. The maximum Gasteiger partial charge on any atom is 0.416 e. The molecule has 18 heavy (non-hydrogen) atoms. The molecule has 0 fully saturated rings. The molecule has 0 spiro atoms.